The van der Waals surface area contributed by atoms with E-state index in [0.29, 0.717) is 12.2 Å². The lowest BCUT2D eigenvalue weighted by Crippen LogP contribution is -2.17. The normalized spacial score (nSPS) is 11.3. The van der Waals surface area contributed by atoms with Gasteiger partial charge in [0.2, 0.25) is 0 Å². The highest BCUT2D eigenvalue weighted by Crippen LogP contribution is 2.21. The molecule has 0 unspecified atom stereocenters. The van der Waals surface area contributed by atoms with Crippen LogP contribution < -0.4 is 10.0 Å². The second kappa shape index (κ2) is 5.82. The molecule has 0 saturated heterocycles. The van der Waals surface area contributed by atoms with E-state index in [1.165, 1.54) is 12.4 Å². The number of rotatable bonds is 6. The Hall–Kier alpha value is -2.23. The summed E-state index contributed by atoms with van der Waals surface area (Å²) in [6, 6.07) is 1.61. The maximum atomic E-state index is 12.3. The fourth-order valence-electron chi connectivity index (χ4n) is 1.50. The topological polar surface area (TPSA) is 115 Å². The van der Waals surface area contributed by atoms with Crippen molar-refractivity contribution in [2.45, 2.75) is 18.2 Å². The molecular formula is C10H15N7O2S. The second-order valence-electron chi connectivity index (χ2n) is 4.01. The van der Waals surface area contributed by atoms with Gasteiger partial charge in [0.1, 0.15) is 4.90 Å². The highest BCUT2D eigenvalue weighted by molar-refractivity contribution is 7.92. The fourth-order valence-corrected chi connectivity index (χ4v) is 2.56. The predicted octanol–water partition coefficient (Wildman–Crippen LogP) is 0.228. The zero-order valence-corrected chi connectivity index (χ0v) is 11.9. The average molecular weight is 297 g/mol. The first-order chi connectivity index (χ1) is 9.53. The van der Waals surface area contributed by atoms with Crippen molar-refractivity contribution >= 4 is 21.7 Å². The number of aromatic nitrogens is 5. The Balaban J connectivity index is 2.29. The Bertz CT molecular complexity index is 682. The van der Waals surface area contributed by atoms with Crippen LogP contribution in [-0.4, -0.2) is 40.2 Å². The van der Waals surface area contributed by atoms with Crippen LogP contribution in [0.25, 0.3) is 0 Å². The van der Waals surface area contributed by atoms with Crippen LogP contribution in [0, 0.1) is 0 Å². The lowest BCUT2D eigenvalue weighted by molar-refractivity contribution is 0.600. The first-order valence-corrected chi connectivity index (χ1v) is 7.46. The zero-order chi connectivity index (χ0) is 14.6. The van der Waals surface area contributed by atoms with Crippen molar-refractivity contribution < 1.29 is 8.42 Å². The van der Waals surface area contributed by atoms with Gasteiger partial charge in [-0.3, -0.25) is 4.98 Å². The largest absolute Gasteiger partial charge is 0.384 e. The van der Waals surface area contributed by atoms with E-state index in [4.69, 9.17) is 0 Å². The third-order valence-electron chi connectivity index (χ3n) is 2.37. The summed E-state index contributed by atoms with van der Waals surface area (Å²) in [5.74, 6) is -0.0854. The fraction of sp³-hybridized carbons (Fsp3) is 0.400. The van der Waals surface area contributed by atoms with Crippen LogP contribution in [-0.2, 0) is 17.1 Å². The quantitative estimate of drug-likeness (QED) is 0.784. The molecule has 0 spiro atoms. The number of sulfonamides is 1. The highest BCUT2D eigenvalue weighted by Gasteiger charge is 2.20. The smallest absolute Gasteiger partial charge is 0.277 e. The number of hydrogen-bond acceptors (Lipinski definition) is 7. The Morgan fingerprint density at radius 3 is 2.85 bits per heavy atom. The van der Waals surface area contributed by atoms with E-state index in [2.05, 4.69) is 30.4 Å². The van der Waals surface area contributed by atoms with Crippen LogP contribution in [0.4, 0.5) is 11.6 Å². The van der Waals surface area contributed by atoms with Gasteiger partial charge in [-0.25, -0.2) is 13.1 Å². The summed E-state index contributed by atoms with van der Waals surface area (Å²) < 4.78 is 26.8. The van der Waals surface area contributed by atoms with Gasteiger partial charge in [0.15, 0.2) is 0 Å². The molecule has 20 heavy (non-hydrogen) atoms. The summed E-state index contributed by atoms with van der Waals surface area (Å²) in [5.41, 5.74) is 0.484. The number of anilines is 2. The van der Waals surface area contributed by atoms with E-state index in [-0.39, 0.29) is 10.8 Å². The van der Waals surface area contributed by atoms with Crippen molar-refractivity contribution in [1.82, 2.24) is 25.2 Å². The maximum Gasteiger partial charge on any atom is 0.277 e. The molecule has 9 nitrogen and oxygen atoms in total. The van der Waals surface area contributed by atoms with Crippen LogP contribution in [0.1, 0.15) is 13.3 Å². The molecule has 0 radical (unpaired) electrons. The lowest BCUT2D eigenvalue weighted by Gasteiger charge is -2.11. The van der Waals surface area contributed by atoms with Crippen molar-refractivity contribution in [1.29, 1.82) is 0 Å². The van der Waals surface area contributed by atoms with Gasteiger partial charge in [-0.2, -0.15) is 4.80 Å². The van der Waals surface area contributed by atoms with Crippen molar-refractivity contribution in [3.63, 3.8) is 0 Å². The van der Waals surface area contributed by atoms with Gasteiger partial charge < -0.3 is 5.32 Å². The van der Waals surface area contributed by atoms with Crippen LogP contribution in [0.15, 0.2) is 23.4 Å². The SMILES string of the molecule is CCCNc1ccncc1S(=O)(=O)Nc1nnn(C)n1. The number of tetrazole rings is 1. The molecule has 2 rings (SSSR count). The summed E-state index contributed by atoms with van der Waals surface area (Å²) >= 11 is 0. The van der Waals surface area contributed by atoms with Gasteiger partial charge in [0, 0.05) is 18.9 Å². The average Bonchev–Trinajstić information content (AvgIpc) is 2.81. The minimum absolute atomic E-state index is 0.0425. The minimum atomic E-state index is -3.81. The van der Waals surface area contributed by atoms with Crippen LogP contribution in [0.5, 0.6) is 0 Å². The molecular weight excluding hydrogens is 282 g/mol. The van der Waals surface area contributed by atoms with E-state index in [9.17, 15) is 8.42 Å². The molecule has 2 N–H and O–H groups in total. The van der Waals surface area contributed by atoms with E-state index in [1.807, 2.05) is 6.92 Å². The Morgan fingerprint density at radius 1 is 1.40 bits per heavy atom. The predicted molar refractivity (Wildman–Crippen MR) is 72.6 cm³/mol. The highest BCUT2D eigenvalue weighted by atomic mass is 32.2. The lowest BCUT2D eigenvalue weighted by atomic mass is 10.4. The Morgan fingerprint density at radius 2 is 2.20 bits per heavy atom. The van der Waals surface area contributed by atoms with Gasteiger partial charge >= 0.3 is 0 Å². The molecule has 0 aliphatic carbocycles. The van der Waals surface area contributed by atoms with Gasteiger partial charge in [-0.15, -0.1) is 5.10 Å². The number of hydrogen-bond donors (Lipinski definition) is 2. The van der Waals surface area contributed by atoms with E-state index < -0.39 is 10.0 Å². The molecule has 0 fully saturated rings. The van der Waals surface area contributed by atoms with E-state index in [1.54, 1.807) is 13.1 Å². The summed E-state index contributed by atoms with van der Waals surface area (Å²) in [6.45, 7) is 2.65. The summed E-state index contributed by atoms with van der Waals surface area (Å²) in [6.07, 6.45) is 3.68. The standard InChI is InChI=1S/C10H15N7O2S/c1-3-5-12-8-4-6-11-7-9(8)20(18,19)15-10-13-16-17(2)14-10/h4,6-7H,3,5H2,1-2H3,(H,11,12)(H,14,15). The van der Waals surface area contributed by atoms with Crippen LogP contribution in [0.2, 0.25) is 0 Å². The molecule has 2 aromatic heterocycles. The van der Waals surface area contributed by atoms with Crippen LogP contribution >= 0.6 is 0 Å². The molecule has 0 aliphatic rings. The summed E-state index contributed by atoms with van der Waals surface area (Å²) in [7, 11) is -2.27. The number of nitrogens with zero attached hydrogens (tertiary/aromatic N) is 5. The van der Waals surface area contributed by atoms with Crippen molar-refractivity contribution in [3.05, 3.63) is 18.5 Å². The van der Waals surface area contributed by atoms with Gasteiger partial charge in [-0.05, 0) is 17.7 Å². The summed E-state index contributed by atoms with van der Waals surface area (Å²) in [4.78, 5) is 5.05. The molecule has 2 aromatic rings. The number of pyridine rings is 1. The van der Waals surface area contributed by atoms with Crippen LogP contribution in [0.3, 0.4) is 0 Å². The summed E-state index contributed by atoms with van der Waals surface area (Å²) in [5, 5.41) is 14.0. The third-order valence-corrected chi connectivity index (χ3v) is 3.73. The first-order valence-electron chi connectivity index (χ1n) is 5.97. The van der Waals surface area contributed by atoms with Crippen molar-refractivity contribution in [2.24, 2.45) is 7.05 Å². The van der Waals surface area contributed by atoms with Gasteiger partial charge in [0.05, 0.1) is 12.7 Å². The first kappa shape index (κ1) is 14.2. The van der Waals surface area contributed by atoms with E-state index in [0.717, 1.165) is 11.2 Å². The third kappa shape index (κ3) is 3.20. The zero-order valence-electron chi connectivity index (χ0n) is 11.1. The molecule has 0 saturated carbocycles. The molecule has 2 heterocycles. The molecule has 0 aromatic carbocycles. The monoisotopic (exact) mass is 297 g/mol. The Kier molecular flexibility index (Phi) is 4.13. The number of nitrogens with one attached hydrogen (secondary N) is 2. The molecule has 108 valence electrons. The van der Waals surface area contributed by atoms with Crippen molar-refractivity contribution in [3.8, 4) is 0 Å². The second-order valence-corrected chi connectivity index (χ2v) is 5.66. The van der Waals surface area contributed by atoms with E-state index >= 15 is 0 Å². The molecule has 10 heteroatoms. The minimum Gasteiger partial charge on any atom is -0.384 e. The molecule has 0 atom stereocenters. The number of aryl methyl sites for hydroxylation is 1. The van der Waals surface area contributed by atoms with Gasteiger partial charge in [0.25, 0.3) is 16.0 Å². The molecule has 0 amide bonds. The maximum absolute atomic E-state index is 12.3. The van der Waals surface area contributed by atoms with Gasteiger partial charge in [-0.1, -0.05) is 12.0 Å². The van der Waals surface area contributed by atoms with Crippen molar-refractivity contribution in [2.75, 3.05) is 16.6 Å². The molecule has 0 aliphatic heterocycles. The Labute approximate surface area is 116 Å². The molecule has 0 bridgehead atoms.